The van der Waals surface area contributed by atoms with E-state index in [0.717, 1.165) is 16.1 Å². The molecule has 0 fully saturated rings. The Hall–Kier alpha value is -2.58. The highest BCUT2D eigenvalue weighted by molar-refractivity contribution is 7.18. The topological polar surface area (TPSA) is 81.2 Å². The second-order valence-corrected chi connectivity index (χ2v) is 7.36. The van der Waals surface area contributed by atoms with Crippen molar-refractivity contribution >= 4 is 39.6 Å². The van der Waals surface area contributed by atoms with Gasteiger partial charge in [-0.25, -0.2) is 9.78 Å². The molecule has 3 rings (SSSR count). The molecule has 6 nitrogen and oxygen atoms in total. The molecule has 0 aliphatic carbocycles. The Bertz CT molecular complexity index is 919. The van der Waals surface area contributed by atoms with E-state index in [4.69, 9.17) is 4.74 Å². The van der Waals surface area contributed by atoms with Crippen LogP contribution in [-0.2, 0) is 16.0 Å². The van der Waals surface area contributed by atoms with E-state index in [0.29, 0.717) is 22.2 Å². The number of anilines is 1. The summed E-state index contributed by atoms with van der Waals surface area (Å²) in [6, 6.07) is 5.56. The first kappa shape index (κ1) is 18.2. The third-order valence-electron chi connectivity index (χ3n) is 3.44. The normalized spacial score (nSPS) is 10.5. The van der Waals surface area contributed by atoms with E-state index in [1.54, 1.807) is 25.4 Å². The molecule has 0 aromatic carbocycles. The number of nitrogens with one attached hydrogen (secondary N) is 1. The number of carbonyl (C=O) groups is 2. The summed E-state index contributed by atoms with van der Waals surface area (Å²) < 4.78 is 5.01. The van der Waals surface area contributed by atoms with Crippen LogP contribution in [0.2, 0.25) is 0 Å². The molecule has 26 heavy (non-hydrogen) atoms. The maximum absolute atomic E-state index is 12.3. The van der Waals surface area contributed by atoms with Crippen LogP contribution in [0.15, 0.2) is 36.0 Å². The molecule has 0 spiro atoms. The minimum absolute atomic E-state index is 0.169. The zero-order valence-corrected chi connectivity index (χ0v) is 15.9. The first-order valence-corrected chi connectivity index (χ1v) is 9.68. The van der Waals surface area contributed by atoms with Crippen molar-refractivity contribution in [2.45, 2.75) is 20.3 Å². The van der Waals surface area contributed by atoms with E-state index in [9.17, 15) is 9.59 Å². The highest BCUT2D eigenvalue weighted by Gasteiger charge is 2.16. The highest BCUT2D eigenvalue weighted by atomic mass is 32.1. The number of esters is 1. The van der Waals surface area contributed by atoms with Crippen LogP contribution in [0.5, 0.6) is 0 Å². The van der Waals surface area contributed by atoms with Crippen molar-refractivity contribution in [2.24, 2.45) is 0 Å². The third-order valence-corrected chi connectivity index (χ3v) is 5.52. The van der Waals surface area contributed by atoms with Crippen molar-refractivity contribution in [3.63, 3.8) is 0 Å². The van der Waals surface area contributed by atoms with E-state index < -0.39 is 0 Å². The van der Waals surface area contributed by atoms with Gasteiger partial charge in [0.05, 0.1) is 23.7 Å². The summed E-state index contributed by atoms with van der Waals surface area (Å²) in [4.78, 5) is 33.2. The zero-order valence-electron chi connectivity index (χ0n) is 14.3. The van der Waals surface area contributed by atoms with E-state index >= 15 is 0 Å². The van der Waals surface area contributed by atoms with Crippen LogP contribution in [0, 0.1) is 6.92 Å². The Morgan fingerprint density at radius 3 is 2.92 bits per heavy atom. The standard InChI is InChI=1S/C18H17N3O3S2/c1-3-24-18(23)16-11(2)7-15(26-16)21-14(22)8-13-10-25-17(20-13)12-5-4-6-19-9-12/h4-7,9-10H,3,8H2,1-2H3,(H,21,22). The quantitative estimate of drug-likeness (QED) is 0.648. The van der Waals surface area contributed by atoms with E-state index in [-0.39, 0.29) is 18.3 Å². The van der Waals surface area contributed by atoms with Gasteiger partial charge in [0.25, 0.3) is 0 Å². The molecule has 0 saturated heterocycles. The van der Waals surface area contributed by atoms with E-state index in [1.807, 2.05) is 24.4 Å². The number of pyridine rings is 1. The number of aromatic nitrogens is 2. The Balaban J connectivity index is 1.64. The fraction of sp³-hybridized carbons (Fsp3) is 0.222. The molecule has 0 unspecified atom stereocenters. The maximum Gasteiger partial charge on any atom is 0.348 e. The Labute approximate surface area is 158 Å². The number of aryl methyl sites for hydroxylation is 1. The predicted octanol–water partition coefficient (Wildman–Crippen LogP) is 3.93. The number of ether oxygens (including phenoxy) is 1. The number of thiophene rings is 1. The van der Waals surface area contributed by atoms with Gasteiger partial charge >= 0.3 is 5.97 Å². The van der Waals surface area contributed by atoms with Gasteiger partial charge in [0.2, 0.25) is 5.91 Å². The Morgan fingerprint density at radius 2 is 2.19 bits per heavy atom. The fourth-order valence-corrected chi connectivity index (χ4v) is 4.09. The summed E-state index contributed by atoms with van der Waals surface area (Å²) in [5, 5.41) is 6.14. The Morgan fingerprint density at radius 1 is 1.35 bits per heavy atom. The lowest BCUT2D eigenvalue weighted by molar-refractivity contribution is -0.115. The average Bonchev–Trinajstić information content (AvgIpc) is 3.22. The molecular formula is C18H17N3O3S2. The number of rotatable bonds is 6. The number of hydrogen-bond acceptors (Lipinski definition) is 7. The molecule has 0 saturated carbocycles. The van der Waals surface area contributed by atoms with Crippen molar-refractivity contribution in [3.05, 3.63) is 52.1 Å². The van der Waals surface area contributed by atoms with Crippen molar-refractivity contribution < 1.29 is 14.3 Å². The Kier molecular flexibility index (Phi) is 5.75. The predicted molar refractivity (Wildman–Crippen MR) is 103 cm³/mol. The van der Waals surface area contributed by atoms with Crippen LogP contribution in [-0.4, -0.2) is 28.5 Å². The number of thiazole rings is 1. The molecule has 0 aliphatic rings. The third kappa shape index (κ3) is 4.33. The molecule has 0 aliphatic heterocycles. The smallest absolute Gasteiger partial charge is 0.348 e. The SMILES string of the molecule is CCOC(=O)c1sc(NC(=O)Cc2csc(-c3cccnc3)n2)cc1C. The molecule has 1 N–H and O–H groups in total. The van der Waals surface area contributed by atoms with Crippen LogP contribution < -0.4 is 5.32 Å². The summed E-state index contributed by atoms with van der Waals surface area (Å²) in [5.74, 6) is -0.541. The summed E-state index contributed by atoms with van der Waals surface area (Å²) in [7, 11) is 0. The van der Waals surface area contributed by atoms with Gasteiger partial charge in [0, 0.05) is 23.3 Å². The van der Waals surface area contributed by atoms with Crippen molar-refractivity contribution in [1.29, 1.82) is 0 Å². The minimum atomic E-state index is -0.365. The molecule has 0 bridgehead atoms. The fourth-order valence-electron chi connectivity index (χ4n) is 2.30. The van der Waals surface area contributed by atoms with Crippen LogP contribution in [0.3, 0.4) is 0 Å². The van der Waals surface area contributed by atoms with Gasteiger partial charge < -0.3 is 10.1 Å². The molecule has 8 heteroatoms. The zero-order chi connectivity index (χ0) is 18.5. The second-order valence-electron chi connectivity index (χ2n) is 5.45. The summed E-state index contributed by atoms with van der Waals surface area (Å²) in [6.45, 7) is 3.90. The number of carbonyl (C=O) groups excluding carboxylic acids is 2. The van der Waals surface area contributed by atoms with Gasteiger partial charge in [-0.15, -0.1) is 22.7 Å². The lowest BCUT2D eigenvalue weighted by atomic mass is 10.3. The van der Waals surface area contributed by atoms with Gasteiger partial charge in [0.15, 0.2) is 0 Å². The van der Waals surface area contributed by atoms with Crippen LogP contribution in [0.25, 0.3) is 10.6 Å². The minimum Gasteiger partial charge on any atom is -0.462 e. The molecule has 0 radical (unpaired) electrons. The van der Waals surface area contributed by atoms with Crippen LogP contribution in [0.1, 0.15) is 27.9 Å². The van der Waals surface area contributed by atoms with Crippen LogP contribution in [0.4, 0.5) is 5.00 Å². The summed E-state index contributed by atoms with van der Waals surface area (Å²) in [5.41, 5.74) is 2.42. The maximum atomic E-state index is 12.3. The number of nitrogens with zero attached hydrogens (tertiary/aromatic N) is 2. The van der Waals surface area contributed by atoms with Gasteiger partial charge in [-0.1, -0.05) is 0 Å². The number of amides is 1. The lowest BCUT2D eigenvalue weighted by Gasteiger charge is -2.00. The second kappa shape index (κ2) is 8.20. The molecule has 3 aromatic rings. The van der Waals surface area contributed by atoms with Crippen LogP contribution >= 0.6 is 22.7 Å². The van der Waals surface area contributed by atoms with Crippen molar-refractivity contribution in [3.8, 4) is 10.6 Å². The molecule has 3 heterocycles. The average molecular weight is 387 g/mol. The summed E-state index contributed by atoms with van der Waals surface area (Å²) >= 11 is 2.69. The molecule has 134 valence electrons. The first-order valence-electron chi connectivity index (χ1n) is 7.99. The van der Waals surface area contributed by atoms with Gasteiger partial charge in [0.1, 0.15) is 9.88 Å². The largest absolute Gasteiger partial charge is 0.462 e. The van der Waals surface area contributed by atoms with Gasteiger partial charge in [-0.2, -0.15) is 0 Å². The summed E-state index contributed by atoms with van der Waals surface area (Å²) in [6.07, 6.45) is 3.62. The first-order chi connectivity index (χ1) is 12.6. The van der Waals surface area contributed by atoms with Gasteiger partial charge in [-0.3, -0.25) is 9.78 Å². The van der Waals surface area contributed by atoms with Crippen molar-refractivity contribution in [1.82, 2.24) is 9.97 Å². The number of hydrogen-bond donors (Lipinski definition) is 1. The van der Waals surface area contributed by atoms with E-state index in [1.165, 1.54) is 22.7 Å². The molecular weight excluding hydrogens is 370 g/mol. The van der Waals surface area contributed by atoms with Crippen molar-refractivity contribution in [2.75, 3.05) is 11.9 Å². The lowest BCUT2D eigenvalue weighted by Crippen LogP contribution is -2.13. The highest BCUT2D eigenvalue weighted by Crippen LogP contribution is 2.28. The molecule has 1 amide bonds. The molecule has 0 atom stereocenters. The monoisotopic (exact) mass is 387 g/mol. The molecule has 3 aromatic heterocycles. The van der Waals surface area contributed by atoms with Gasteiger partial charge in [-0.05, 0) is 37.6 Å². The van der Waals surface area contributed by atoms with E-state index in [2.05, 4.69) is 15.3 Å².